The molecular weight excluding hydrogens is 292 g/mol. The van der Waals surface area contributed by atoms with Crippen molar-refractivity contribution in [2.75, 3.05) is 7.11 Å². The van der Waals surface area contributed by atoms with Crippen molar-refractivity contribution >= 4 is 27.7 Å². The van der Waals surface area contributed by atoms with Crippen LogP contribution in [-0.4, -0.2) is 17.1 Å². The predicted molar refractivity (Wildman–Crippen MR) is 64.6 cm³/mol. The first-order chi connectivity index (χ1) is 7.79. The Morgan fingerprint density at radius 2 is 2.44 bits per heavy atom. The largest absolute Gasteiger partial charge is 0.480 e. The molecule has 0 saturated carbocycles. The second-order valence-corrected chi connectivity index (χ2v) is 4.67. The molecule has 0 spiro atoms. The summed E-state index contributed by atoms with van der Waals surface area (Å²) >= 11 is 4.80. The summed E-state index contributed by atoms with van der Waals surface area (Å²) in [5, 5.41) is 0.663. The Labute approximate surface area is 106 Å². The van der Waals surface area contributed by atoms with Gasteiger partial charge in [-0.05, 0) is 28.1 Å². The van der Waals surface area contributed by atoms with Gasteiger partial charge in [0, 0.05) is 6.20 Å². The Balaban J connectivity index is 2.04. The van der Waals surface area contributed by atoms with E-state index < -0.39 is 0 Å². The van der Waals surface area contributed by atoms with Crippen LogP contribution in [0.1, 0.15) is 5.76 Å². The maximum atomic E-state index is 5.22. The van der Waals surface area contributed by atoms with Gasteiger partial charge in [-0.15, -0.1) is 0 Å². The van der Waals surface area contributed by atoms with Crippen LogP contribution < -0.4 is 4.74 Å². The van der Waals surface area contributed by atoms with Crippen molar-refractivity contribution in [3.63, 3.8) is 0 Å². The highest BCUT2D eigenvalue weighted by molar-refractivity contribution is 9.10. The molecule has 6 heteroatoms. The highest BCUT2D eigenvalue weighted by Crippen LogP contribution is 2.25. The summed E-state index contributed by atoms with van der Waals surface area (Å²) in [5.41, 5.74) is 0. The van der Waals surface area contributed by atoms with Crippen molar-refractivity contribution in [3.05, 3.63) is 34.8 Å². The first-order valence-corrected chi connectivity index (χ1v) is 6.29. The van der Waals surface area contributed by atoms with Gasteiger partial charge in [0.15, 0.2) is 5.16 Å². The maximum absolute atomic E-state index is 5.22. The van der Waals surface area contributed by atoms with E-state index in [1.165, 1.54) is 11.8 Å². The van der Waals surface area contributed by atoms with Gasteiger partial charge in [0.25, 0.3) is 0 Å². The van der Waals surface area contributed by atoms with E-state index in [0.29, 0.717) is 16.8 Å². The third-order valence-electron chi connectivity index (χ3n) is 1.81. The first kappa shape index (κ1) is 11.5. The van der Waals surface area contributed by atoms with Gasteiger partial charge in [-0.3, -0.25) is 0 Å². The van der Waals surface area contributed by atoms with Crippen LogP contribution in [-0.2, 0) is 5.75 Å². The molecule has 0 unspecified atom stereocenters. The van der Waals surface area contributed by atoms with Gasteiger partial charge in [-0.2, -0.15) is 4.98 Å². The van der Waals surface area contributed by atoms with Crippen LogP contribution in [0.25, 0.3) is 0 Å². The molecule has 0 radical (unpaired) electrons. The number of aromatic nitrogens is 2. The second kappa shape index (κ2) is 5.36. The molecule has 0 aliphatic carbocycles. The van der Waals surface area contributed by atoms with Crippen LogP contribution in [0.5, 0.6) is 5.88 Å². The maximum Gasteiger partial charge on any atom is 0.231 e. The molecule has 0 atom stereocenters. The van der Waals surface area contributed by atoms with E-state index in [4.69, 9.17) is 9.15 Å². The van der Waals surface area contributed by atoms with Crippen LogP contribution in [0.4, 0.5) is 0 Å². The molecule has 16 heavy (non-hydrogen) atoms. The summed E-state index contributed by atoms with van der Waals surface area (Å²) in [7, 11) is 1.58. The molecule has 2 heterocycles. The topological polar surface area (TPSA) is 48.2 Å². The molecule has 2 aromatic heterocycles. The molecule has 4 nitrogen and oxygen atoms in total. The number of hydrogen-bond acceptors (Lipinski definition) is 5. The monoisotopic (exact) mass is 300 g/mol. The van der Waals surface area contributed by atoms with Gasteiger partial charge in [0.1, 0.15) is 5.76 Å². The lowest BCUT2D eigenvalue weighted by molar-refractivity contribution is 0.389. The molecule has 0 fully saturated rings. The average molecular weight is 301 g/mol. The van der Waals surface area contributed by atoms with E-state index in [0.717, 1.165) is 10.2 Å². The van der Waals surface area contributed by atoms with Crippen LogP contribution in [0.3, 0.4) is 0 Å². The number of ether oxygens (including phenoxy) is 1. The summed E-state index contributed by atoms with van der Waals surface area (Å²) in [6.45, 7) is 0. The predicted octanol–water partition coefficient (Wildman–Crippen LogP) is 3.13. The first-order valence-electron chi connectivity index (χ1n) is 4.51. The smallest absolute Gasteiger partial charge is 0.231 e. The van der Waals surface area contributed by atoms with Crippen molar-refractivity contribution in [1.29, 1.82) is 0 Å². The molecule has 0 aromatic carbocycles. The fourth-order valence-corrected chi connectivity index (χ4v) is 2.14. The second-order valence-electron chi connectivity index (χ2n) is 2.88. The molecule has 2 rings (SSSR count). The summed E-state index contributed by atoms with van der Waals surface area (Å²) in [6.07, 6.45) is 3.33. The minimum atomic E-state index is 0.539. The van der Waals surface area contributed by atoms with Gasteiger partial charge >= 0.3 is 0 Å². The zero-order valence-electron chi connectivity index (χ0n) is 8.51. The minimum Gasteiger partial charge on any atom is -0.480 e. The van der Waals surface area contributed by atoms with Crippen LogP contribution in [0.2, 0.25) is 0 Å². The zero-order chi connectivity index (χ0) is 11.4. The number of thioether (sulfide) groups is 1. The third-order valence-corrected chi connectivity index (χ3v) is 3.23. The lowest BCUT2D eigenvalue weighted by atomic mass is 10.5. The molecule has 0 N–H and O–H groups in total. The van der Waals surface area contributed by atoms with E-state index in [1.54, 1.807) is 19.6 Å². The third kappa shape index (κ3) is 2.76. The van der Waals surface area contributed by atoms with Crippen LogP contribution in [0, 0.1) is 0 Å². The average Bonchev–Trinajstić information content (AvgIpc) is 2.81. The lowest BCUT2D eigenvalue weighted by Crippen LogP contribution is -1.93. The molecular formula is C10H9BrN2O2S. The molecule has 0 saturated heterocycles. The minimum absolute atomic E-state index is 0.539. The Hall–Kier alpha value is -1.01. The lowest BCUT2D eigenvalue weighted by Gasteiger charge is -2.03. The van der Waals surface area contributed by atoms with E-state index in [2.05, 4.69) is 25.9 Å². The quantitative estimate of drug-likeness (QED) is 0.641. The standard InChI is InChI=1S/C10H9BrN2O2S/c1-14-9-8(11)5-12-10(13-9)16-6-7-3-2-4-15-7/h2-5H,6H2,1H3. The van der Waals surface area contributed by atoms with Crippen molar-refractivity contribution in [2.24, 2.45) is 0 Å². The van der Waals surface area contributed by atoms with Crippen molar-refractivity contribution in [3.8, 4) is 5.88 Å². The zero-order valence-corrected chi connectivity index (χ0v) is 10.9. The number of rotatable bonds is 4. The van der Waals surface area contributed by atoms with Gasteiger partial charge in [0.2, 0.25) is 5.88 Å². The number of methoxy groups -OCH3 is 1. The van der Waals surface area contributed by atoms with E-state index in [9.17, 15) is 0 Å². The Kier molecular flexibility index (Phi) is 3.84. The molecule has 0 amide bonds. The number of furan rings is 1. The highest BCUT2D eigenvalue weighted by atomic mass is 79.9. The number of nitrogens with zero attached hydrogens (tertiary/aromatic N) is 2. The van der Waals surface area contributed by atoms with Gasteiger partial charge in [-0.25, -0.2) is 4.98 Å². The Morgan fingerprint density at radius 1 is 1.56 bits per heavy atom. The van der Waals surface area contributed by atoms with E-state index in [1.807, 2.05) is 12.1 Å². The summed E-state index contributed by atoms with van der Waals surface area (Å²) < 4.78 is 11.1. The fraction of sp³-hybridized carbons (Fsp3) is 0.200. The Morgan fingerprint density at radius 3 is 3.12 bits per heavy atom. The van der Waals surface area contributed by atoms with Gasteiger partial charge in [-0.1, -0.05) is 11.8 Å². The Bertz CT molecular complexity index is 462. The van der Waals surface area contributed by atoms with Crippen LogP contribution >= 0.6 is 27.7 Å². The van der Waals surface area contributed by atoms with E-state index in [-0.39, 0.29) is 0 Å². The summed E-state index contributed by atoms with van der Waals surface area (Å²) in [4.78, 5) is 8.40. The molecule has 0 bridgehead atoms. The summed E-state index contributed by atoms with van der Waals surface area (Å²) in [5.74, 6) is 2.14. The van der Waals surface area contributed by atoms with Gasteiger partial charge in [0.05, 0.1) is 23.6 Å². The molecule has 2 aromatic rings. The SMILES string of the molecule is COc1nc(SCc2ccco2)ncc1Br. The number of halogens is 1. The normalized spacial score (nSPS) is 10.4. The van der Waals surface area contributed by atoms with Crippen molar-refractivity contribution in [2.45, 2.75) is 10.9 Å². The van der Waals surface area contributed by atoms with E-state index >= 15 is 0 Å². The van der Waals surface area contributed by atoms with Crippen molar-refractivity contribution < 1.29 is 9.15 Å². The molecule has 0 aliphatic rings. The van der Waals surface area contributed by atoms with Crippen molar-refractivity contribution in [1.82, 2.24) is 9.97 Å². The van der Waals surface area contributed by atoms with Gasteiger partial charge < -0.3 is 9.15 Å². The summed E-state index contributed by atoms with van der Waals surface area (Å²) in [6, 6.07) is 3.78. The number of hydrogen-bond donors (Lipinski definition) is 0. The fourth-order valence-electron chi connectivity index (χ4n) is 1.08. The van der Waals surface area contributed by atoms with Crippen LogP contribution in [0.15, 0.2) is 38.6 Å². The molecule has 84 valence electrons. The molecule has 0 aliphatic heterocycles. The highest BCUT2D eigenvalue weighted by Gasteiger charge is 2.06.